The van der Waals surface area contributed by atoms with Crippen LogP contribution in [0, 0.1) is 0 Å². The summed E-state index contributed by atoms with van der Waals surface area (Å²) < 4.78 is 55.6. The van der Waals surface area contributed by atoms with Crippen molar-refractivity contribution in [1.29, 1.82) is 0 Å². The lowest BCUT2D eigenvalue weighted by Gasteiger charge is -2.02. The summed E-state index contributed by atoms with van der Waals surface area (Å²) in [4.78, 5) is 10.0. The fourth-order valence-electron chi connectivity index (χ4n) is 0.570. The maximum atomic E-state index is 10.0. The number of hydrogen-bond acceptors (Lipinski definition) is 8. The molecule has 0 aliphatic rings. The molecular formula is C5H14N2O9S2. The van der Waals surface area contributed by atoms with Crippen molar-refractivity contribution in [3.05, 3.63) is 0 Å². The van der Waals surface area contributed by atoms with Crippen LogP contribution in [0.1, 0.15) is 12.8 Å². The van der Waals surface area contributed by atoms with Crippen molar-refractivity contribution in [2.75, 3.05) is 6.54 Å². The van der Waals surface area contributed by atoms with E-state index in [9.17, 15) is 21.6 Å². The third-order valence-corrected chi connectivity index (χ3v) is 2.58. The Hall–Kier alpha value is -0.830. The van der Waals surface area contributed by atoms with E-state index in [1.165, 1.54) is 0 Å². The highest BCUT2D eigenvalue weighted by Gasteiger charge is 2.15. The third-order valence-electron chi connectivity index (χ3n) is 1.21. The molecule has 18 heavy (non-hydrogen) atoms. The summed E-state index contributed by atoms with van der Waals surface area (Å²) in [5.41, 5.74) is 10.3. The van der Waals surface area contributed by atoms with E-state index in [4.69, 9.17) is 25.7 Å². The Morgan fingerprint density at radius 2 is 1.56 bits per heavy atom. The SMILES string of the molecule is NCCCC(N)C(=O)O.O=S(=O)(O)OS(=O)(=O)O. The molecule has 0 radical (unpaired) electrons. The lowest BCUT2D eigenvalue weighted by molar-refractivity contribution is -0.138. The number of rotatable bonds is 6. The van der Waals surface area contributed by atoms with Crippen LogP contribution in [-0.4, -0.2) is 49.6 Å². The van der Waals surface area contributed by atoms with Crippen LogP contribution in [0.3, 0.4) is 0 Å². The fourth-order valence-corrected chi connectivity index (χ4v) is 1.44. The highest BCUT2D eigenvalue weighted by atomic mass is 32.3. The molecule has 0 saturated carbocycles. The van der Waals surface area contributed by atoms with Gasteiger partial charge in [-0.25, -0.2) is 0 Å². The maximum absolute atomic E-state index is 10.0. The second-order valence-electron chi connectivity index (χ2n) is 2.80. The van der Waals surface area contributed by atoms with Crippen molar-refractivity contribution in [3.8, 4) is 0 Å². The van der Waals surface area contributed by atoms with Gasteiger partial charge in [-0.15, -0.1) is 3.63 Å². The minimum atomic E-state index is -5.12. The first kappa shape index (κ1) is 19.5. The van der Waals surface area contributed by atoms with Gasteiger partial charge in [-0.2, -0.15) is 16.8 Å². The van der Waals surface area contributed by atoms with E-state index in [2.05, 4.69) is 3.63 Å². The highest BCUT2D eigenvalue weighted by Crippen LogP contribution is 1.92. The van der Waals surface area contributed by atoms with Crippen molar-refractivity contribution in [2.24, 2.45) is 11.5 Å². The average molecular weight is 310 g/mol. The standard InChI is InChI=1S/C5H12N2O2.H2O7S2/c6-3-1-2-4(7)5(8)9;1-8(2,3)7-9(4,5)6/h4H,1-3,6-7H2,(H,8,9);(H,1,2,3)(H,4,5,6). The summed E-state index contributed by atoms with van der Waals surface area (Å²) in [5.74, 6) is -0.955. The van der Waals surface area contributed by atoms with Crippen LogP contribution in [0.25, 0.3) is 0 Å². The van der Waals surface area contributed by atoms with Gasteiger partial charge in [0.2, 0.25) is 0 Å². The van der Waals surface area contributed by atoms with Crippen LogP contribution in [0.4, 0.5) is 0 Å². The zero-order valence-corrected chi connectivity index (χ0v) is 10.6. The molecule has 0 amide bonds. The number of carboxylic acid groups (broad SMARTS) is 1. The number of carboxylic acids is 1. The van der Waals surface area contributed by atoms with E-state index in [1.54, 1.807) is 0 Å². The molecule has 0 bridgehead atoms. The fraction of sp³-hybridized carbons (Fsp3) is 0.800. The lowest BCUT2D eigenvalue weighted by atomic mass is 10.2. The van der Waals surface area contributed by atoms with Gasteiger partial charge < -0.3 is 16.6 Å². The summed E-state index contributed by atoms with van der Waals surface area (Å²) in [6, 6.07) is -0.742. The first-order valence-corrected chi connectivity index (χ1v) is 6.96. The van der Waals surface area contributed by atoms with Gasteiger partial charge in [0.05, 0.1) is 0 Å². The molecule has 0 heterocycles. The first-order valence-electron chi connectivity index (χ1n) is 4.23. The van der Waals surface area contributed by atoms with E-state index in [1.807, 2.05) is 0 Å². The molecule has 13 heteroatoms. The van der Waals surface area contributed by atoms with Gasteiger partial charge in [0, 0.05) is 0 Å². The van der Waals surface area contributed by atoms with Crippen LogP contribution in [-0.2, 0) is 29.2 Å². The Morgan fingerprint density at radius 1 is 1.17 bits per heavy atom. The molecule has 11 nitrogen and oxygen atoms in total. The van der Waals surface area contributed by atoms with Crippen molar-refractivity contribution in [2.45, 2.75) is 18.9 Å². The minimum absolute atomic E-state index is 0.464. The van der Waals surface area contributed by atoms with Gasteiger partial charge in [-0.05, 0) is 19.4 Å². The van der Waals surface area contributed by atoms with Crippen molar-refractivity contribution in [3.63, 3.8) is 0 Å². The van der Waals surface area contributed by atoms with Crippen LogP contribution >= 0.6 is 0 Å². The largest absolute Gasteiger partial charge is 0.480 e. The molecule has 0 aromatic carbocycles. The molecule has 0 aromatic rings. The molecular weight excluding hydrogens is 296 g/mol. The average Bonchev–Trinajstić information content (AvgIpc) is 2.08. The molecule has 0 aliphatic heterocycles. The van der Waals surface area contributed by atoms with Gasteiger partial charge in [0.25, 0.3) is 0 Å². The zero-order chi connectivity index (χ0) is 15.0. The van der Waals surface area contributed by atoms with Crippen LogP contribution < -0.4 is 11.5 Å². The topological polar surface area (TPSA) is 207 Å². The molecule has 0 fully saturated rings. The Labute approximate surface area is 104 Å². The molecule has 0 spiro atoms. The van der Waals surface area contributed by atoms with E-state index >= 15 is 0 Å². The molecule has 0 rings (SSSR count). The van der Waals surface area contributed by atoms with Gasteiger partial charge in [0.1, 0.15) is 6.04 Å². The molecule has 1 atom stereocenters. The maximum Gasteiger partial charge on any atom is 0.413 e. The van der Waals surface area contributed by atoms with Gasteiger partial charge >= 0.3 is 26.8 Å². The Kier molecular flexibility index (Phi) is 9.00. The Morgan fingerprint density at radius 3 is 1.72 bits per heavy atom. The van der Waals surface area contributed by atoms with E-state index in [-0.39, 0.29) is 0 Å². The summed E-state index contributed by atoms with van der Waals surface area (Å²) in [6.07, 6.45) is 1.14. The van der Waals surface area contributed by atoms with E-state index in [0.29, 0.717) is 19.4 Å². The smallest absolute Gasteiger partial charge is 0.413 e. The van der Waals surface area contributed by atoms with E-state index in [0.717, 1.165) is 0 Å². The Balaban J connectivity index is 0. The summed E-state index contributed by atoms with van der Waals surface area (Å²) >= 11 is 0. The van der Waals surface area contributed by atoms with Crippen molar-refractivity contribution >= 4 is 26.8 Å². The van der Waals surface area contributed by atoms with Crippen LogP contribution in [0.2, 0.25) is 0 Å². The number of nitrogens with two attached hydrogens (primary N) is 2. The van der Waals surface area contributed by atoms with Crippen molar-refractivity contribution in [1.82, 2.24) is 0 Å². The monoisotopic (exact) mass is 310 g/mol. The molecule has 0 aromatic heterocycles. The third kappa shape index (κ3) is 17.6. The van der Waals surface area contributed by atoms with Gasteiger partial charge in [-0.3, -0.25) is 13.9 Å². The number of aliphatic carboxylic acids is 1. The van der Waals surface area contributed by atoms with Gasteiger partial charge in [-0.1, -0.05) is 0 Å². The van der Waals surface area contributed by atoms with E-state index < -0.39 is 32.8 Å². The predicted octanol–water partition coefficient (Wildman–Crippen LogP) is -2.25. The number of carbonyl (C=O) groups is 1. The molecule has 7 N–H and O–H groups in total. The van der Waals surface area contributed by atoms with Crippen LogP contribution in [0.5, 0.6) is 0 Å². The lowest BCUT2D eigenvalue weighted by Crippen LogP contribution is -2.30. The quantitative estimate of drug-likeness (QED) is 0.331. The molecule has 0 saturated heterocycles. The molecule has 110 valence electrons. The van der Waals surface area contributed by atoms with Crippen molar-refractivity contribution < 1.29 is 39.5 Å². The molecule has 0 aliphatic carbocycles. The summed E-state index contributed by atoms with van der Waals surface area (Å²) in [7, 11) is -10.2. The summed E-state index contributed by atoms with van der Waals surface area (Å²) in [5, 5.41) is 8.24. The minimum Gasteiger partial charge on any atom is -0.480 e. The second kappa shape index (κ2) is 8.30. The Bertz CT molecular complexity index is 412. The normalized spacial score (nSPS) is 13.3. The number of hydrogen-bond donors (Lipinski definition) is 5. The predicted molar refractivity (Wildman–Crippen MR) is 58.1 cm³/mol. The van der Waals surface area contributed by atoms with Crippen LogP contribution in [0.15, 0.2) is 0 Å². The van der Waals surface area contributed by atoms with Gasteiger partial charge in [0.15, 0.2) is 0 Å². The summed E-state index contributed by atoms with van der Waals surface area (Å²) in [6.45, 7) is 0.501. The highest BCUT2D eigenvalue weighted by molar-refractivity contribution is 7.94. The second-order valence-corrected chi connectivity index (χ2v) is 5.05. The zero-order valence-electron chi connectivity index (χ0n) is 8.96. The first-order chi connectivity index (χ1) is 7.89. The molecule has 1 unspecified atom stereocenters.